The fourth-order valence-electron chi connectivity index (χ4n) is 2.95. The van der Waals surface area contributed by atoms with Gasteiger partial charge in [-0.25, -0.2) is 13.8 Å². The Morgan fingerprint density at radius 2 is 2.00 bits per heavy atom. The predicted octanol–water partition coefficient (Wildman–Crippen LogP) is 3.62. The van der Waals surface area contributed by atoms with Crippen molar-refractivity contribution in [2.45, 2.75) is 19.9 Å². The third-order valence-electron chi connectivity index (χ3n) is 4.34. The molecule has 0 spiro atoms. The van der Waals surface area contributed by atoms with Gasteiger partial charge in [-0.1, -0.05) is 0 Å². The second-order valence-electron chi connectivity index (χ2n) is 6.29. The van der Waals surface area contributed by atoms with Gasteiger partial charge >= 0.3 is 0 Å². The molecule has 3 N–H and O–H groups in total. The summed E-state index contributed by atoms with van der Waals surface area (Å²) in [6.45, 7) is 3.35. The Hall–Kier alpha value is -3.40. The van der Waals surface area contributed by atoms with Gasteiger partial charge in [-0.2, -0.15) is 5.26 Å². The van der Waals surface area contributed by atoms with Crippen LogP contribution in [0.5, 0.6) is 0 Å². The number of H-pyrrole nitrogens is 1. The van der Waals surface area contributed by atoms with Crippen LogP contribution in [0, 0.1) is 23.0 Å². The average molecular weight is 381 g/mol. The van der Waals surface area contributed by atoms with Gasteiger partial charge in [-0.05, 0) is 55.3 Å². The van der Waals surface area contributed by atoms with Gasteiger partial charge in [0.25, 0.3) is 0 Å². The highest BCUT2D eigenvalue weighted by atomic mass is 19.1. The summed E-state index contributed by atoms with van der Waals surface area (Å²) < 4.78 is 27.2. The predicted molar refractivity (Wildman–Crippen MR) is 106 cm³/mol. The normalized spacial score (nSPS) is 11.4. The van der Waals surface area contributed by atoms with Crippen molar-refractivity contribution in [3.63, 3.8) is 0 Å². The van der Waals surface area contributed by atoms with E-state index >= 15 is 0 Å². The number of hydrogen-bond donors (Lipinski definition) is 3. The molecular formula is C21H21F2N5. The van der Waals surface area contributed by atoms with Crippen molar-refractivity contribution in [3.05, 3.63) is 70.9 Å². The number of guanidine groups is 1. The van der Waals surface area contributed by atoms with Crippen molar-refractivity contribution >= 4 is 16.9 Å². The monoisotopic (exact) mass is 381 g/mol. The number of nitrogens with zero attached hydrogens (tertiary/aromatic N) is 2. The molecule has 28 heavy (non-hydrogen) atoms. The molecule has 5 nitrogen and oxygen atoms in total. The van der Waals surface area contributed by atoms with E-state index in [2.05, 4.69) is 20.6 Å². The molecule has 0 bridgehead atoms. The van der Waals surface area contributed by atoms with Crippen molar-refractivity contribution in [1.29, 1.82) is 5.26 Å². The van der Waals surface area contributed by atoms with Crippen molar-refractivity contribution < 1.29 is 8.78 Å². The number of nitrogens with one attached hydrogen (secondary N) is 3. The lowest BCUT2D eigenvalue weighted by Crippen LogP contribution is -2.38. The topological polar surface area (TPSA) is 76.0 Å². The maximum absolute atomic E-state index is 13.9. The minimum Gasteiger partial charge on any atom is -0.361 e. The van der Waals surface area contributed by atoms with Crippen LogP contribution in [0.1, 0.15) is 23.6 Å². The molecule has 0 saturated heterocycles. The fraction of sp³-hybridized carbons (Fsp3) is 0.238. The zero-order chi connectivity index (χ0) is 19.9. The number of aliphatic imine (C=N–C) groups is 1. The quantitative estimate of drug-likeness (QED) is 0.451. The number of rotatable bonds is 6. The Labute approximate surface area is 162 Å². The van der Waals surface area contributed by atoms with E-state index in [9.17, 15) is 8.78 Å². The van der Waals surface area contributed by atoms with E-state index in [4.69, 9.17) is 5.26 Å². The van der Waals surface area contributed by atoms with Crippen LogP contribution in [-0.2, 0) is 13.0 Å². The summed E-state index contributed by atoms with van der Waals surface area (Å²) in [4.78, 5) is 7.47. The maximum Gasteiger partial charge on any atom is 0.191 e. The van der Waals surface area contributed by atoms with Crippen LogP contribution in [0.25, 0.3) is 10.9 Å². The summed E-state index contributed by atoms with van der Waals surface area (Å²) in [7, 11) is 0. The zero-order valence-corrected chi connectivity index (χ0v) is 15.5. The van der Waals surface area contributed by atoms with E-state index < -0.39 is 0 Å². The van der Waals surface area contributed by atoms with E-state index in [-0.39, 0.29) is 18.2 Å². The number of halogens is 2. The molecular weight excluding hydrogens is 360 g/mol. The lowest BCUT2D eigenvalue weighted by molar-refractivity contribution is 0.610. The van der Waals surface area contributed by atoms with Crippen molar-refractivity contribution in [1.82, 2.24) is 15.6 Å². The third-order valence-corrected chi connectivity index (χ3v) is 4.34. The van der Waals surface area contributed by atoms with Crippen LogP contribution in [0.15, 0.2) is 47.6 Å². The van der Waals surface area contributed by atoms with Gasteiger partial charge in [-0.3, -0.25) is 0 Å². The van der Waals surface area contributed by atoms with Crippen LogP contribution in [0.3, 0.4) is 0 Å². The van der Waals surface area contributed by atoms with Crippen LogP contribution in [0.4, 0.5) is 8.78 Å². The van der Waals surface area contributed by atoms with Gasteiger partial charge in [0.05, 0.1) is 18.2 Å². The summed E-state index contributed by atoms with van der Waals surface area (Å²) in [5.74, 6) is -0.0898. The number of hydrogen-bond acceptors (Lipinski definition) is 2. The average Bonchev–Trinajstić information content (AvgIpc) is 3.09. The van der Waals surface area contributed by atoms with Gasteiger partial charge in [0, 0.05) is 35.8 Å². The molecule has 0 saturated carbocycles. The van der Waals surface area contributed by atoms with Crippen molar-refractivity contribution in [2.24, 2.45) is 4.99 Å². The Morgan fingerprint density at radius 3 is 2.79 bits per heavy atom. The number of aromatic nitrogens is 1. The molecule has 0 unspecified atom stereocenters. The Kier molecular flexibility index (Phi) is 6.22. The minimum atomic E-state index is -0.385. The summed E-state index contributed by atoms with van der Waals surface area (Å²) >= 11 is 0. The lowest BCUT2D eigenvalue weighted by atomic mass is 10.1. The standard InChI is InChI=1S/C21H21F2N5/c1-2-25-21(28-13-16-9-14(11-24)3-6-19(16)23)26-8-7-15-12-27-20-10-17(22)4-5-18(15)20/h3-6,9-10,12,27H,2,7-8,13H2,1H3,(H2,25,26,28). The highest BCUT2D eigenvalue weighted by Crippen LogP contribution is 2.19. The van der Waals surface area contributed by atoms with E-state index in [1.54, 1.807) is 6.07 Å². The van der Waals surface area contributed by atoms with Crippen LogP contribution in [0.2, 0.25) is 0 Å². The zero-order valence-electron chi connectivity index (χ0n) is 15.5. The summed E-state index contributed by atoms with van der Waals surface area (Å²) in [5.41, 5.74) is 2.62. The van der Waals surface area contributed by atoms with Crippen molar-refractivity contribution in [3.8, 4) is 6.07 Å². The van der Waals surface area contributed by atoms with E-state index in [1.807, 2.05) is 19.2 Å². The first-order valence-electron chi connectivity index (χ1n) is 9.07. The SMILES string of the molecule is CCNC(=NCc1cc(C#N)ccc1F)NCCc1c[nH]c2cc(F)ccc12. The molecule has 0 aliphatic heterocycles. The second-order valence-corrected chi connectivity index (χ2v) is 6.29. The van der Waals surface area contributed by atoms with Gasteiger partial charge in [-0.15, -0.1) is 0 Å². The van der Waals surface area contributed by atoms with E-state index in [0.29, 0.717) is 36.6 Å². The number of benzene rings is 2. The summed E-state index contributed by atoms with van der Waals surface area (Å²) in [5, 5.41) is 16.3. The molecule has 7 heteroatoms. The van der Waals surface area contributed by atoms with Crippen LogP contribution < -0.4 is 10.6 Å². The Balaban J connectivity index is 1.64. The van der Waals surface area contributed by atoms with Crippen LogP contribution in [-0.4, -0.2) is 24.0 Å². The molecule has 2 aromatic carbocycles. The first-order chi connectivity index (χ1) is 13.6. The smallest absolute Gasteiger partial charge is 0.191 e. The summed E-state index contributed by atoms with van der Waals surface area (Å²) in [6, 6.07) is 10.9. The van der Waals surface area contributed by atoms with Gasteiger partial charge in [0.1, 0.15) is 11.6 Å². The Bertz CT molecular complexity index is 1030. The fourth-order valence-corrected chi connectivity index (χ4v) is 2.95. The van der Waals surface area contributed by atoms with E-state index in [1.165, 1.54) is 30.3 Å². The molecule has 0 aliphatic rings. The maximum atomic E-state index is 13.9. The molecule has 0 fully saturated rings. The molecule has 0 atom stereocenters. The summed E-state index contributed by atoms with van der Waals surface area (Å²) in [6.07, 6.45) is 2.59. The van der Waals surface area contributed by atoms with Crippen LogP contribution >= 0.6 is 0 Å². The number of aromatic amines is 1. The molecule has 0 aliphatic carbocycles. The van der Waals surface area contributed by atoms with Crippen molar-refractivity contribution in [2.75, 3.05) is 13.1 Å². The molecule has 1 aromatic heterocycles. The Morgan fingerprint density at radius 1 is 1.14 bits per heavy atom. The third kappa shape index (κ3) is 4.65. The van der Waals surface area contributed by atoms with Gasteiger partial charge < -0.3 is 15.6 Å². The first-order valence-corrected chi connectivity index (χ1v) is 9.07. The van der Waals surface area contributed by atoms with Gasteiger partial charge in [0.15, 0.2) is 5.96 Å². The molecule has 0 amide bonds. The molecule has 0 radical (unpaired) electrons. The second kappa shape index (κ2) is 9.00. The molecule has 3 rings (SSSR count). The lowest BCUT2D eigenvalue weighted by Gasteiger charge is -2.11. The number of fused-ring (bicyclic) bond motifs is 1. The highest BCUT2D eigenvalue weighted by Gasteiger charge is 2.07. The molecule has 144 valence electrons. The minimum absolute atomic E-state index is 0.128. The first kappa shape index (κ1) is 19.4. The van der Waals surface area contributed by atoms with Gasteiger partial charge in [0.2, 0.25) is 0 Å². The largest absolute Gasteiger partial charge is 0.361 e. The molecule has 1 heterocycles. The van der Waals surface area contributed by atoms with E-state index in [0.717, 1.165) is 16.5 Å². The molecule has 3 aromatic rings. The highest BCUT2D eigenvalue weighted by molar-refractivity contribution is 5.83. The number of nitriles is 1.